The summed E-state index contributed by atoms with van der Waals surface area (Å²) in [5, 5.41) is 2.77. The lowest BCUT2D eigenvalue weighted by Crippen LogP contribution is -2.31. The van der Waals surface area contributed by atoms with Crippen LogP contribution < -0.4 is 10.1 Å². The van der Waals surface area contributed by atoms with Crippen LogP contribution in [-0.4, -0.2) is 31.6 Å². The number of esters is 1. The quantitative estimate of drug-likeness (QED) is 0.388. The minimum atomic E-state index is -0.571. The lowest BCUT2D eigenvalue weighted by molar-refractivity contribution is -0.143. The minimum Gasteiger partial charge on any atom is -0.490 e. The molecule has 0 saturated carbocycles. The smallest absolute Gasteiger partial charge is 0.331 e. The second-order valence-electron chi connectivity index (χ2n) is 6.23. The monoisotopic (exact) mass is 379 g/mol. The Balaban J connectivity index is 1.70. The summed E-state index contributed by atoms with van der Waals surface area (Å²) in [6.07, 6.45) is 4.58. The van der Waals surface area contributed by atoms with E-state index in [0.29, 0.717) is 13.2 Å². The molecule has 2 rings (SSSR count). The minimum absolute atomic E-state index is 0.180. The molecule has 0 radical (unpaired) electrons. The number of carbonyl (C=O) groups is 2. The van der Waals surface area contributed by atoms with Crippen molar-refractivity contribution in [1.82, 2.24) is 5.32 Å². The molecule has 0 heterocycles. The molecule has 0 aliphatic carbocycles. The standard InChI is InChI=1S/C23H25NO4/c1-3-15-27-21-12-9-19(10-13-21)11-14-23(26)28-17-22(25)24-16-18(2)20-7-5-4-6-8-20/h3-14,18H,1,15-17H2,2H3,(H,24,25)/b14-11+/t18-/m1/s1. The Labute approximate surface area is 165 Å². The van der Waals surface area contributed by atoms with Crippen LogP contribution in [0.15, 0.2) is 73.3 Å². The first-order valence-electron chi connectivity index (χ1n) is 9.08. The van der Waals surface area contributed by atoms with Gasteiger partial charge in [-0.2, -0.15) is 0 Å². The SMILES string of the molecule is C=CCOc1ccc(/C=C/C(=O)OCC(=O)NC[C@@H](C)c2ccccc2)cc1. The fourth-order valence-electron chi connectivity index (χ4n) is 2.40. The van der Waals surface area contributed by atoms with E-state index in [-0.39, 0.29) is 18.4 Å². The van der Waals surface area contributed by atoms with Crippen molar-refractivity contribution >= 4 is 18.0 Å². The summed E-state index contributed by atoms with van der Waals surface area (Å²) in [6.45, 7) is 6.23. The van der Waals surface area contributed by atoms with Crippen LogP contribution in [0, 0.1) is 0 Å². The molecular weight excluding hydrogens is 354 g/mol. The van der Waals surface area contributed by atoms with Gasteiger partial charge in [0.1, 0.15) is 12.4 Å². The van der Waals surface area contributed by atoms with Crippen molar-refractivity contribution in [2.75, 3.05) is 19.8 Å². The number of rotatable bonds is 10. The molecule has 0 aliphatic rings. The third kappa shape index (κ3) is 7.50. The molecule has 0 aromatic heterocycles. The summed E-state index contributed by atoms with van der Waals surface area (Å²) in [5.41, 5.74) is 1.97. The number of benzene rings is 2. The lowest BCUT2D eigenvalue weighted by atomic mass is 10.0. The van der Waals surface area contributed by atoms with Gasteiger partial charge in [0.05, 0.1) is 0 Å². The Morgan fingerprint density at radius 2 is 1.82 bits per heavy atom. The molecular formula is C23H25NO4. The van der Waals surface area contributed by atoms with Crippen LogP contribution in [0.5, 0.6) is 5.75 Å². The van der Waals surface area contributed by atoms with Crippen LogP contribution in [-0.2, 0) is 14.3 Å². The molecule has 2 aromatic rings. The third-order valence-corrected chi connectivity index (χ3v) is 3.98. The molecule has 0 fully saturated rings. The predicted molar refractivity (Wildman–Crippen MR) is 110 cm³/mol. The number of amides is 1. The van der Waals surface area contributed by atoms with Crippen molar-refractivity contribution in [3.8, 4) is 5.75 Å². The van der Waals surface area contributed by atoms with Crippen molar-refractivity contribution in [1.29, 1.82) is 0 Å². The highest BCUT2D eigenvalue weighted by molar-refractivity contribution is 5.89. The molecule has 0 spiro atoms. The molecule has 5 nitrogen and oxygen atoms in total. The van der Waals surface area contributed by atoms with E-state index in [1.54, 1.807) is 24.3 Å². The van der Waals surface area contributed by atoms with Gasteiger partial charge in [-0.1, -0.05) is 62.0 Å². The van der Waals surface area contributed by atoms with E-state index in [4.69, 9.17) is 9.47 Å². The highest BCUT2D eigenvalue weighted by Crippen LogP contribution is 2.14. The van der Waals surface area contributed by atoms with Crippen LogP contribution in [0.2, 0.25) is 0 Å². The molecule has 28 heavy (non-hydrogen) atoms. The van der Waals surface area contributed by atoms with Crippen LogP contribution in [0.3, 0.4) is 0 Å². The van der Waals surface area contributed by atoms with E-state index < -0.39 is 5.97 Å². The van der Waals surface area contributed by atoms with Gasteiger partial charge < -0.3 is 14.8 Å². The maximum Gasteiger partial charge on any atom is 0.331 e. The fourth-order valence-corrected chi connectivity index (χ4v) is 2.40. The molecule has 146 valence electrons. The average Bonchev–Trinajstić information content (AvgIpc) is 2.74. The first-order chi connectivity index (χ1) is 13.6. The largest absolute Gasteiger partial charge is 0.490 e. The van der Waals surface area contributed by atoms with E-state index >= 15 is 0 Å². The zero-order valence-corrected chi connectivity index (χ0v) is 16.0. The normalized spacial score (nSPS) is 11.6. The van der Waals surface area contributed by atoms with E-state index in [1.807, 2.05) is 49.4 Å². The summed E-state index contributed by atoms with van der Waals surface area (Å²) < 4.78 is 10.4. The zero-order valence-electron chi connectivity index (χ0n) is 16.0. The highest BCUT2D eigenvalue weighted by atomic mass is 16.5. The summed E-state index contributed by atoms with van der Waals surface area (Å²) in [4.78, 5) is 23.6. The molecule has 0 aliphatic heterocycles. The van der Waals surface area contributed by atoms with Crippen molar-refractivity contribution in [3.05, 3.63) is 84.5 Å². The third-order valence-electron chi connectivity index (χ3n) is 3.98. The van der Waals surface area contributed by atoms with Gasteiger partial charge in [0.15, 0.2) is 6.61 Å². The Morgan fingerprint density at radius 3 is 2.50 bits per heavy atom. The molecule has 1 amide bonds. The Hall–Kier alpha value is -3.34. The maximum absolute atomic E-state index is 11.8. The fraction of sp³-hybridized carbons (Fsp3) is 0.217. The van der Waals surface area contributed by atoms with Gasteiger partial charge >= 0.3 is 5.97 Å². The molecule has 5 heteroatoms. The summed E-state index contributed by atoms with van der Waals surface area (Å²) in [7, 11) is 0. The Kier molecular flexibility index (Phi) is 8.53. The van der Waals surface area contributed by atoms with E-state index in [1.165, 1.54) is 6.08 Å². The van der Waals surface area contributed by atoms with Crippen LogP contribution >= 0.6 is 0 Å². The Bertz CT molecular complexity index is 797. The predicted octanol–water partition coefficient (Wildman–Crippen LogP) is 3.73. The molecule has 0 saturated heterocycles. The topological polar surface area (TPSA) is 64.6 Å². The van der Waals surface area contributed by atoms with Crippen molar-refractivity contribution in [2.24, 2.45) is 0 Å². The molecule has 2 aromatic carbocycles. The van der Waals surface area contributed by atoms with Crippen LogP contribution in [0.4, 0.5) is 0 Å². The lowest BCUT2D eigenvalue weighted by Gasteiger charge is -2.12. The van der Waals surface area contributed by atoms with Crippen molar-refractivity contribution in [3.63, 3.8) is 0 Å². The van der Waals surface area contributed by atoms with E-state index in [9.17, 15) is 9.59 Å². The number of carbonyl (C=O) groups excluding carboxylic acids is 2. The molecule has 1 atom stereocenters. The first-order valence-corrected chi connectivity index (χ1v) is 9.08. The summed E-state index contributed by atoms with van der Waals surface area (Å²) >= 11 is 0. The molecule has 0 bridgehead atoms. The number of hydrogen-bond acceptors (Lipinski definition) is 4. The molecule has 1 N–H and O–H groups in total. The zero-order chi connectivity index (χ0) is 20.2. The van der Waals surface area contributed by atoms with Gasteiger partial charge in [0.2, 0.25) is 0 Å². The van der Waals surface area contributed by atoms with Gasteiger partial charge in [-0.3, -0.25) is 4.79 Å². The second kappa shape index (κ2) is 11.4. The number of hydrogen-bond donors (Lipinski definition) is 1. The van der Waals surface area contributed by atoms with E-state index in [2.05, 4.69) is 11.9 Å². The second-order valence-corrected chi connectivity index (χ2v) is 6.23. The summed E-state index contributed by atoms with van der Waals surface area (Å²) in [6, 6.07) is 17.1. The van der Waals surface area contributed by atoms with Gasteiger partial charge in [0, 0.05) is 12.6 Å². The van der Waals surface area contributed by atoms with Crippen LogP contribution in [0.25, 0.3) is 6.08 Å². The van der Waals surface area contributed by atoms with Crippen LogP contribution in [0.1, 0.15) is 24.0 Å². The summed E-state index contributed by atoms with van der Waals surface area (Å²) in [5.74, 6) is 0.00620. The maximum atomic E-state index is 11.8. The van der Waals surface area contributed by atoms with Gasteiger partial charge in [0.25, 0.3) is 5.91 Å². The first kappa shape index (κ1) is 21.0. The van der Waals surface area contributed by atoms with Crippen molar-refractivity contribution in [2.45, 2.75) is 12.8 Å². The average molecular weight is 379 g/mol. The van der Waals surface area contributed by atoms with E-state index in [0.717, 1.165) is 16.9 Å². The van der Waals surface area contributed by atoms with Gasteiger partial charge in [-0.15, -0.1) is 0 Å². The number of nitrogens with one attached hydrogen (secondary N) is 1. The highest BCUT2D eigenvalue weighted by Gasteiger charge is 2.09. The van der Waals surface area contributed by atoms with Gasteiger partial charge in [-0.05, 0) is 35.3 Å². The Morgan fingerprint density at radius 1 is 1.11 bits per heavy atom. The van der Waals surface area contributed by atoms with Gasteiger partial charge in [-0.25, -0.2) is 4.79 Å². The van der Waals surface area contributed by atoms with Crippen molar-refractivity contribution < 1.29 is 19.1 Å². The molecule has 0 unspecified atom stereocenters. The number of ether oxygens (including phenoxy) is 2.